The number of nitrogens with zero attached hydrogens (tertiary/aromatic N) is 1. The molecule has 0 aliphatic rings. The van der Waals surface area contributed by atoms with Crippen LogP contribution in [-0.2, 0) is 4.79 Å². The molecular weight excluding hydrogens is 251 g/mol. The lowest BCUT2D eigenvalue weighted by Crippen LogP contribution is -2.24. The zero-order chi connectivity index (χ0) is 14.6. The van der Waals surface area contributed by atoms with Gasteiger partial charge in [-0.25, -0.2) is 4.39 Å². The van der Waals surface area contributed by atoms with Crippen LogP contribution in [0.2, 0.25) is 0 Å². The van der Waals surface area contributed by atoms with Crippen molar-refractivity contribution in [3.63, 3.8) is 0 Å². The van der Waals surface area contributed by atoms with Gasteiger partial charge in [-0.1, -0.05) is 0 Å². The molecule has 7 heteroatoms. The lowest BCUT2D eigenvalue weighted by Gasteiger charge is -2.12. The first kappa shape index (κ1) is 14.7. The number of nitrogens with one attached hydrogen (secondary N) is 1. The minimum atomic E-state index is -0.732. The Labute approximate surface area is 110 Å². The Kier molecular flexibility index (Phi) is 4.68. The highest BCUT2D eigenvalue weighted by Crippen LogP contribution is 2.21. The summed E-state index contributed by atoms with van der Waals surface area (Å²) in [4.78, 5) is 23.9. The van der Waals surface area contributed by atoms with Crippen molar-refractivity contribution < 1.29 is 14.0 Å². The third-order valence-corrected chi connectivity index (χ3v) is 2.56. The lowest BCUT2D eigenvalue weighted by molar-refractivity contribution is -0.128. The molecule has 6 nitrogen and oxygen atoms in total. The molecule has 1 aromatic rings. The maximum atomic E-state index is 13.6. The van der Waals surface area contributed by atoms with Crippen molar-refractivity contribution in [1.29, 1.82) is 0 Å². The number of halogens is 1. The van der Waals surface area contributed by atoms with E-state index in [1.807, 2.05) is 0 Å². The molecule has 2 amide bonds. The van der Waals surface area contributed by atoms with E-state index >= 15 is 0 Å². The maximum absolute atomic E-state index is 13.6. The molecule has 1 rings (SSSR count). The standard InChI is InChI=1S/C12H17FN4O2/c1-17(2)11(18)3-4-16-10-5-7(12(15)19)9(14)6-8(10)13/h5-6,16H,3-4,14H2,1-2H3,(H2,15,19). The van der Waals surface area contributed by atoms with Gasteiger partial charge in [-0.2, -0.15) is 0 Å². The minimum Gasteiger partial charge on any atom is -0.398 e. The van der Waals surface area contributed by atoms with Gasteiger partial charge in [0.25, 0.3) is 5.91 Å². The number of carbonyl (C=O) groups excluding carboxylic acids is 2. The van der Waals surface area contributed by atoms with Gasteiger partial charge >= 0.3 is 0 Å². The van der Waals surface area contributed by atoms with Crippen LogP contribution in [0.5, 0.6) is 0 Å². The van der Waals surface area contributed by atoms with Crippen LogP contribution in [0.1, 0.15) is 16.8 Å². The van der Waals surface area contributed by atoms with Crippen molar-refractivity contribution in [3.05, 3.63) is 23.5 Å². The molecule has 0 bridgehead atoms. The predicted octanol–water partition coefficient (Wildman–Crippen LogP) is 0.397. The Hall–Kier alpha value is -2.31. The van der Waals surface area contributed by atoms with Gasteiger partial charge in [0, 0.05) is 32.7 Å². The normalized spacial score (nSPS) is 10.1. The zero-order valence-corrected chi connectivity index (χ0v) is 10.9. The Balaban J connectivity index is 2.76. The third kappa shape index (κ3) is 3.84. The predicted molar refractivity (Wildman–Crippen MR) is 71.1 cm³/mol. The molecule has 0 spiro atoms. The molecule has 0 aliphatic carbocycles. The molecule has 1 aromatic carbocycles. The zero-order valence-electron chi connectivity index (χ0n) is 10.9. The fourth-order valence-electron chi connectivity index (χ4n) is 1.47. The summed E-state index contributed by atoms with van der Waals surface area (Å²) in [5.74, 6) is -1.41. The summed E-state index contributed by atoms with van der Waals surface area (Å²) in [7, 11) is 3.27. The summed E-state index contributed by atoms with van der Waals surface area (Å²) in [5, 5.41) is 2.74. The summed E-state index contributed by atoms with van der Waals surface area (Å²) in [6.07, 6.45) is 0.211. The Bertz CT molecular complexity index is 503. The van der Waals surface area contributed by atoms with Crippen LogP contribution in [0.3, 0.4) is 0 Å². The molecule has 0 heterocycles. The van der Waals surface area contributed by atoms with Gasteiger partial charge in [-0.15, -0.1) is 0 Å². The number of amides is 2. The summed E-state index contributed by atoms with van der Waals surface area (Å²) >= 11 is 0. The van der Waals surface area contributed by atoms with Crippen molar-refractivity contribution in [2.24, 2.45) is 5.73 Å². The van der Waals surface area contributed by atoms with Crippen LogP contribution in [0, 0.1) is 5.82 Å². The molecule has 0 fully saturated rings. The molecule has 5 N–H and O–H groups in total. The molecule has 0 radical (unpaired) electrons. The molecule has 0 aliphatic heterocycles. The highest BCUT2D eigenvalue weighted by molar-refractivity contribution is 5.99. The van der Waals surface area contributed by atoms with Crippen molar-refractivity contribution in [1.82, 2.24) is 4.90 Å². The van der Waals surface area contributed by atoms with E-state index in [9.17, 15) is 14.0 Å². The van der Waals surface area contributed by atoms with Crippen LogP contribution in [0.4, 0.5) is 15.8 Å². The number of nitrogen functional groups attached to an aromatic ring is 1. The van der Waals surface area contributed by atoms with E-state index in [-0.39, 0.29) is 35.8 Å². The second-order valence-corrected chi connectivity index (χ2v) is 4.25. The largest absolute Gasteiger partial charge is 0.398 e. The summed E-state index contributed by atoms with van der Waals surface area (Å²) in [5.41, 5.74) is 10.7. The number of benzene rings is 1. The van der Waals surface area contributed by atoms with E-state index in [0.717, 1.165) is 6.07 Å². The molecule has 104 valence electrons. The number of hydrogen-bond donors (Lipinski definition) is 3. The second-order valence-electron chi connectivity index (χ2n) is 4.25. The number of carbonyl (C=O) groups is 2. The highest BCUT2D eigenvalue weighted by atomic mass is 19.1. The second kappa shape index (κ2) is 6.03. The van der Waals surface area contributed by atoms with Crippen LogP contribution in [-0.4, -0.2) is 37.4 Å². The molecule has 0 saturated heterocycles. The first-order valence-corrected chi connectivity index (χ1v) is 5.65. The van der Waals surface area contributed by atoms with Crippen molar-refractivity contribution >= 4 is 23.2 Å². The van der Waals surface area contributed by atoms with Crippen LogP contribution in [0.25, 0.3) is 0 Å². The molecule has 19 heavy (non-hydrogen) atoms. The summed E-state index contributed by atoms with van der Waals surface area (Å²) in [6, 6.07) is 2.27. The average Bonchev–Trinajstić information content (AvgIpc) is 2.30. The molecule has 0 saturated carbocycles. The summed E-state index contributed by atoms with van der Waals surface area (Å²) in [6.45, 7) is 0.246. The number of anilines is 2. The van der Waals surface area contributed by atoms with Crippen molar-refractivity contribution in [2.45, 2.75) is 6.42 Å². The Morgan fingerprint density at radius 2 is 2.00 bits per heavy atom. The van der Waals surface area contributed by atoms with Gasteiger partial charge in [0.15, 0.2) is 0 Å². The molecular formula is C12H17FN4O2. The Morgan fingerprint density at radius 1 is 1.37 bits per heavy atom. The van der Waals surface area contributed by atoms with Gasteiger partial charge in [-0.05, 0) is 12.1 Å². The molecule has 0 atom stereocenters. The quantitative estimate of drug-likeness (QED) is 0.672. The molecule has 0 aromatic heterocycles. The van der Waals surface area contributed by atoms with E-state index in [2.05, 4.69) is 5.32 Å². The van der Waals surface area contributed by atoms with E-state index in [1.54, 1.807) is 14.1 Å². The number of primary amides is 1. The smallest absolute Gasteiger partial charge is 0.250 e. The van der Waals surface area contributed by atoms with Crippen molar-refractivity contribution in [3.8, 4) is 0 Å². The number of rotatable bonds is 5. The van der Waals surface area contributed by atoms with Gasteiger partial charge < -0.3 is 21.7 Å². The van der Waals surface area contributed by atoms with Gasteiger partial charge in [0.05, 0.1) is 11.3 Å². The number of hydrogen-bond acceptors (Lipinski definition) is 4. The van der Waals surface area contributed by atoms with Crippen molar-refractivity contribution in [2.75, 3.05) is 31.7 Å². The first-order valence-electron chi connectivity index (χ1n) is 5.65. The van der Waals surface area contributed by atoms with E-state index < -0.39 is 11.7 Å². The summed E-state index contributed by atoms with van der Waals surface area (Å²) < 4.78 is 13.6. The Morgan fingerprint density at radius 3 is 2.53 bits per heavy atom. The maximum Gasteiger partial charge on any atom is 0.250 e. The van der Waals surface area contributed by atoms with Gasteiger partial charge in [0.1, 0.15) is 5.82 Å². The van der Waals surface area contributed by atoms with E-state index in [4.69, 9.17) is 11.5 Å². The van der Waals surface area contributed by atoms with E-state index in [0.29, 0.717) is 0 Å². The highest BCUT2D eigenvalue weighted by Gasteiger charge is 2.12. The average molecular weight is 268 g/mol. The SMILES string of the molecule is CN(C)C(=O)CCNc1cc(C(N)=O)c(N)cc1F. The fourth-order valence-corrected chi connectivity index (χ4v) is 1.47. The minimum absolute atomic E-state index is 0.0140. The number of nitrogens with two attached hydrogens (primary N) is 2. The molecule has 0 unspecified atom stereocenters. The monoisotopic (exact) mass is 268 g/mol. The van der Waals surface area contributed by atoms with Crippen LogP contribution in [0.15, 0.2) is 12.1 Å². The van der Waals surface area contributed by atoms with E-state index in [1.165, 1.54) is 11.0 Å². The van der Waals surface area contributed by atoms with Gasteiger partial charge in [0.2, 0.25) is 5.91 Å². The van der Waals surface area contributed by atoms with Crippen LogP contribution >= 0.6 is 0 Å². The van der Waals surface area contributed by atoms with Gasteiger partial charge in [-0.3, -0.25) is 9.59 Å². The topological polar surface area (TPSA) is 101 Å². The van der Waals surface area contributed by atoms with Crippen LogP contribution < -0.4 is 16.8 Å². The third-order valence-electron chi connectivity index (χ3n) is 2.56. The first-order chi connectivity index (χ1) is 8.82. The fraction of sp³-hybridized carbons (Fsp3) is 0.333. The lowest BCUT2D eigenvalue weighted by atomic mass is 10.1.